The van der Waals surface area contributed by atoms with E-state index in [0.717, 1.165) is 34.7 Å². The minimum atomic E-state index is -0.190. The predicted molar refractivity (Wildman–Crippen MR) is 136 cm³/mol. The summed E-state index contributed by atoms with van der Waals surface area (Å²) >= 11 is 2.76. The summed E-state index contributed by atoms with van der Waals surface area (Å²) < 4.78 is 1.04. The summed E-state index contributed by atoms with van der Waals surface area (Å²) in [6.07, 6.45) is 1.89. The highest BCUT2D eigenvalue weighted by atomic mass is 32.1. The van der Waals surface area contributed by atoms with Crippen molar-refractivity contribution in [3.8, 4) is 0 Å². The molecule has 2 N–H and O–H groups in total. The lowest BCUT2D eigenvalue weighted by Crippen LogP contribution is -2.50. The summed E-state index contributed by atoms with van der Waals surface area (Å²) in [5.74, 6) is 0.732. The van der Waals surface area contributed by atoms with E-state index in [9.17, 15) is 9.59 Å². The van der Waals surface area contributed by atoms with Gasteiger partial charge in [0.15, 0.2) is 10.3 Å². The van der Waals surface area contributed by atoms with E-state index in [4.69, 9.17) is 0 Å². The van der Waals surface area contributed by atoms with Gasteiger partial charge in [-0.05, 0) is 36.8 Å². The average Bonchev–Trinajstić information content (AvgIpc) is 3.45. The second-order valence-corrected chi connectivity index (χ2v) is 9.84. The smallest absolute Gasteiger partial charge is 0.323 e. The summed E-state index contributed by atoms with van der Waals surface area (Å²) in [4.78, 5) is 42.3. The third kappa shape index (κ3) is 5.15. The monoisotopic (exact) mass is 493 g/mol. The van der Waals surface area contributed by atoms with Crippen molar-refractivity contribution >= 4 is 60.9 Å². The zero-order valence-corrected chi connectivity index (χ0v) is 20.2. The van der Waals surface area contributed by atoms with Gasteiger partial charge in [-0.15, -0.1) is 11.3 Å². The van der Waals surface area contributed by atoms with E-state index in [1.165, 1.54) is 22.7 Å². The quantitative estimate of drug-likeness (QED) is 0.436. The number of piperazine rings is 1. The molecule has 3 amide bonds. The van der Waals surface area contributed by atoms with Crippen molar-refractivity contribution in [3.05, 3.63) is 59.2 Å². The fourth-order valence-electron chi connectivity index (χ4n) is 3.71. The Bertz CT molecular complexity index is 1310. The fraction of sp³-hybridized carbons (Fsp3) is 0.261. The Hall–Kier alpha value is -3.57. The molecule has 0 unspecified atom stereocenters. The van der Waals surface area contributed by atoms with Crippen LogP contribution < -0.4 is 15.5 Å². The Morgan fingerprint density at radius 1 is 1.03 bits per heavy atom. The van der Waals surface area contributed by atoms with Crippen molar-refractivity contribution in [1.82, 2.24) is 19.9 Å². The van der Waals surface area contributed by atoms with Crippen molar-refractivity contribution in [2.24, 2.45) is 0 Å². The van der Waals surface area contributed by atoms with Gasteiger partial charge in [-0.3, -0.25) is 10.1 Å². The van der Waals surface area contributed by atoms with Gasteiger partial charge < -0.3 is 15.1 Å². The third-order valence-electron chi connectivity index (χ3n) is 5.44. The molecule has 3 aromatic heterocycles. The number of aryl methyl sites for hydroxylation is 1. The molecule has 0 atom stereocenters. The molecule has 4 aromatic rings. The summed E-state index contributed by atoms with van der Waals surface area (Å²) in [5.41, 5.74) is 2.63. The molecule has 9 nitrogen and oxygen atoms in total. The highest BCUT2D eigenvalue weighted by molar-refractivity contribution is 7.22. The van der Waals surface area contributed by atoms with Gasteiger partial charge in [0.05, 0.1) is 22.3 Å². The first-order chi connectivity index (χ1) is 16.5. The Balaban J connectivity index is 1.12. The zero-order chi connectivity index (χ0) is 23.5. The maximum absolute atomic E-state index is 12.7. The molecule has 0 bridgehead atoms. The van der Waals surface area contributed by atoms with Crippen molar-refractivity contribution < 1.29 is 9.59 Å². The molecular formula is C23H23N7O2S2. The molecule has 0 radical (unpaired) electrons. The molecule has 5 rings (SSSR count). The first-order valence-corrected chi connectivity index (χ1v) is 12.6. The van der Waals surface area contributed by atoms with Gasteiger partial charge in [-0.25, -0.2) is 19.7 Å². The standard InChI is InChI=1S/C23H23N7O2S2/c1-15-5-6-17-18(12-15)34-22(26-17)27-20(31)13-16-14-33-21(25-16)28-23(32)30-10-8-29(9-11-30)19-4-2-3-7-24-19/h2-7,12,14H,8-11,13H2,1H3,(H,25,28,32)(H,26,27,31). The molecule has 174 valence electrons. The number of carbonyl (C=O) groups is 2. The van der Waals surface area contributed by atoms with E-state index in [2.05, 4.69) is 36.6 Å². The van der Waals surface area contributed by atoms with Crippen molar-refractivity contribution in [3.63, 3.8) is 0 Å². The van der Waals surface area contributed by atoms with Gasteiger partial charge in [0.25, 0.3) is 0 Å². The largest absolute Gasteiger partial charge is 0.353 e. The Morgan fingerprint density at radius 2 is 1.88 bits per heavy atom. The second kappa shape index (κ2) is 9.74. The number of urea groups is 1. The number of aromatic nitrogens is 3. The van der Waals surface area contributed by atoms with E-state index in [1.54, 1.807) is 16.5 Å². The number of carbonyl (C=O) groups excluding carboxylic acids is 2. The highest BCUT2D eigenvalue weighted by Gasteiger charge is 2.22. The summed E-state index contributed by atoms with van der Waals surface area (Å²) in [5, 5.41) is 8.54. The third-order valence-corrected chi connectivity index (χ3v) is 7.18. The number of nitrogens with zero attached hydrogens (tertiary/aromatic N) is 5. The highest BCUT2D eigenvalue weighted by Crippen LogP contribution is 2.27. The van der Waals surface area contributed by atoms with Crippen LogP contribution in [0.5, 0.6) is 0 Å². The normalized spacial score (nSPS) is 13.8. The van der Waals surface area contributed by atoms with E-state index < -0.39 is 0 Å². The minimum absolute atomic E-state index is 0.115. The Labute approximate surface area is 204 Å². The van der Waals surface area contributed by atoms with Gasteiger partial charge in [0.2, 0.25) is 5.91 Å². The molecule has 1 aliphatic rings. The minimum Gasteiger partial charge on any atom is -0.353 e. The van der Waals surface area contributed by atoms with E-state index in [0.29, 0.717) is 29.0 Å². The van der Waals surface area contributed by atoms with E-state index >= 15 is 0 Å². The van der Waals surface area contributed by atoms with Crippen LogP contribution in [0.3, 0.4) is 0 Å². The SMILES string of the molecule is Cc1ccc2nc(NC(=O)Cc3csc(NC(=O)N4CCN(c5ccccn5)CC4)n3)sc2c1. The molecule has 34 heavy (non-hydrogen) atoms. The molecule has 0 saturated carbocycles. The molecule has 11 heteroatoms. The number of amides is 3. The first-order valence-electron chi connectivity index (χ1n) is 10.9. The van der Waals surface area contributed by atoms with Gasteiger partial charge >= 0.3 is 6.03 Å². The average molecular weight is 494 g/mol. The topological polar surface area (TPSA) is 103 Å². The van der Waals surface area contributed by atoms with Crippen LogP contribution in [0.2, 0.25) is 0 Å². The zero-order valence-electron chi connectivity index (χ0n) is 18.5. The van der Waals surface area contributed by atoms with E-state index in [1.807, 2.05) is 37.3 Å². The Kier molecular flexibility index (Phi) is 6.37. The van der Waals surface area contributed by atoms with Gasteiger partial charge in [-0.2, -0.15) is 0 Å². The number of hydrogen-bond donors (Lipinski definition) is 2. The molecule has 0 aliphatic carbocycles. The van der Waals surface area contributed by atoms with Crippen molar-refractivity contribution in [2.75, 3.05) is 41.7 Å². The molecule has 1 fully saturated rings. The number of rotatable bonds is 5. The predicted octanol–water partition coefficient (Wildman–Crippen LogP) is 3.99. The van der Waals surface area contributed by atoms with Crippen LogP contribution in [0.4, 0.5) is 20.9 Å². The Morgan fingerprint density at radius 3 is 2.68 bits per heavy atom. The van der Waals surface area contributed by atoms with Crippen LogP contribution >= 0.6 is 22.7 Å². The molecule has 1 aliphatic heterocycles. The summed E-state index contributed by atoms with van der Waals surface area (Å²) in [6.45, 7) is 4.67. The van der Waals surface area contributed by atoms with Gasteiger partial charge in [-0.1, -0.05) is 23.5 Å². The molecule has 4 heterocycles. The molecule has 1 saturated heterocycles. The van der Waals surface area contributed by atoms with Crippen LogP contribution in [-0.2, 0) is 11.2 Å². The lowest BCUT2D eigenvalue weighted by molar-refractivity contribution is -0.115. The fourth-order valence-corrected chi connectivity index (χ4v) is 5.39. The lowest BCUT2D eigenvalue weighted by atomic mass is 10.2. The number of thiazole rings is 2. The molecule has 0 spiro atoms. The first kappa shape index (κ1) is 22.2. The summed E-state index contributed by atoms with van der Waals surface area (Å²) in [6, 6.07) is 11.6. The van der Waals surface area contributed by atoms with Crippen LogP contribution in [0, 0.1) is 6.92 Å². The lowest BCUT2D eigenvalue weighted by Gasteiger charge is -2.35. The van der Waals surface area contributed by atoms with Crippen LogP contribution in [0.1, 0.15) is 11.3 Å². The van der Waals surface area contributed by atoms with Crippen LogP contribution in [-0.4, -0.2) is 58.0 Å². The number of hydrogen-bond acceptors (Lipinski definition) is 8. The van der Waals surface area contributed by atoms with Gasteiger partial charge in [0, 0.05) is 37.8 Å². The van der Waals surface area contributed by atoms with Crippen molar-refractivity contribution in [1.29, 1.82) is 0 Å². The number of benzene rings is 1. The molecule has 1 aromatic carbocycles. The van der Waals surface area contributed by atoms with E-state index in [-0.39, 0.29) is 18.4 Å². The maximum atomic E-state index is 12.7. The number of nitrogens with one attached hydrogen (secondary N) is 2. The second-order valence-electron chi connectivity index (χ2n) is 7.95. The van der Waals surface area contributed by atoms with Gasteiger partial charge in [0.1, 0.15) is 5.82 Å². The molecular weight excluding hydrogens is 470 g/mol. The van der Waals surface area contributed by atoms with Crippen molar-refractivity contribution in [2.45, 2.75) is 13.3 Å². The maximum Gasteiger partial charge on any atom is 0.323 e. The number of anilines is 3. The van der Waals surface area contributed by atoms with Crippen LogP contribution in [0.15, 0.2) is 48.0 Å². The number of fused-ring (bicyclic) bond motifs is 1. The van der Waals surface area contributed by atoms with Crippen LogP contribution in [0.25, 0.3) is 10.2 Å². The summed E-state index contributed by atoms with van der Waals surface area (Å²) in [7, 11) is 0. The number of pyridine rings is 1.